The number of nitrogens with one attached hydrogen (secondary N) is 2. The molecule has 0 saturated heterocycles. The number of thiocarbonyl (C=S) groups is 1. The molecule has 15 heavy (non-hydrogen) atoms. The summed E-state index contributed by atoms with van der Waals surface area (Å²) in [5.74, 6) is 0. The van der Waals surface area contributed by atoms with Crippen molar-refractivity contribution in [3.05, 3.63) is 16.1 Å². The molecule has 1 aromatic heterocycles. The van der Waals surface area contributed by atoms with Gasteiger partial charge in [-0.2, -0.15) is 0 Å². The van der Waals surface area contributed by atoms with Gasteiger partial charge in [0.25, 0.3) is 0 Å². The van der Waals surface area contributed by atoms with Crippen molar-refractivity contribution in [3.63, 3.8) is 0 Å². The van der Waals surface area contributed by atoms with Gasteiger partial charge in [-0.15, -0.1) is 11.3 Å². The van der Waals surface area contributed by atoms with E-state index in [2.05, 4.69) is 43.3 Å². The average molecular weight is 243 g/mol. The van der Waals surface area contributed by atoms with E-state index < -0.39 is 0 Å². The van der Waals surface area contributed by atoms with E-state index in [0.717, 1.165) is 5.01 Å². The average Bonchev–Trinajstić information content (AvgIpc) is 2.49. The van der Waals surface area contributed by atoms with Gasteiger partial charge in [0, 0.05) is 17.1 Å². The summed E-state index contributed by atoms with van der Waals surface area (Å²) in [6.07, 6.45) is 1.89. The van der Waals surface area contributed by atoms with Crippen molar-refractivity contribution in [1.29, 1.82) is 0 Å². The predicted molar refractivity (Wildman–Crippen MR) is 69.3 cm³/mol. The SMILES string of the molecule is Cc1cnc(C(C)NC(=S)NC(C)C)s1. The summed E-state index contributed by atoms with van der Waals surface area (Å²) in [5, 5.41) is 8.11. The third-order valence-corrected chi connectivity index (χ3v) is 3.11. The Morgan fingerprint density at radius 2 is 2.07 bits per heavy atom. The lowest BCUT2D eigenvalue weighted by Gasteiger charge is -2.16. The van der Waals surface area contributed by atoms with Crippen molar-refractivity contribution >= 4 is 28.7 Å². The van der Waals surface area contributed by atoms with Gasteiger partial charge < -0.3 is 10.6 Å². The van der Waals surface area contributed by atoms with Crippen LogP contribution < -0.4 is 10.6 Å². The van der Waals surface area contributed by atoms with Crippen molar-refractivity contribution in [2.45, 2.75) is 39.8 Å². The molecule has 3 nitrogen and oxygen atoms in total. The monoisotopic (exact) mass is 243 g/mol. The molecule has 0 bridgehead atoms. The van der Waals surface area contributed by atoms with Crippen LogP contribution in [-0.4, -0.2) is 16.1 Å². The highest BCUT2D eigenvalue weighted by Gasteiger charge is 2.10. The molecular weight excluding hydrogens is 226 g/mol. The molecule has 84 valence electrons. The Hall–Kier alpha value is -0.680. The molecule has 0 aliphatic rings. The van der Waals surface area contributed by atoms with E-state index in [1.54, 1.807) is 11.3 Å². The van der Waals surface area contributed by atoms with E-state index >= 15 is 0 Å². The van der Waals surface area contributed by atoms with Gasteiger partial charge in [-0.3, -0.25) is 0 Å². The smallest absolute Gasteiger partial charge is 0.167 e. The van der Waals surface area contributed by atoms with Gasteiger partial charge in [0.1, 0.15) is 5.01 Å². The van der Waals surface area contributed by atoms with Crippen molar-refractivity contribution in [2.24, 2.45) is 0 Å². The molecule has 2 N–H and O–H groups in total. The topological polar surface area (TPSA) is 37.0 Å². The molecule has 0 radical (unpaired) electrons. The largest absolute Gasteiger partial charge is 0.361 e. The fourth-order valence-electron chi connectivity index (χ4n) is 1.13. The number of nitrogens with zero attached hydrogens (tertiary/aromatic N) is 1. The van der Waals surface area contributed by atoms with Crippen molar-refractivity contribution in [1.82, 2.24) is 15.6 Å². The molecule has 1 aromatic rings. The molecule has 5 heteroatoms. The van der Waals surface area contributed by atoms with E-state index in [9.17, 15) is 0 Å². The van der Waals surface area contributed by atoms with Crippen LogP contribution >= 0.6 is 23.6 Å². The number of aromatic nitrogens is 1. The van der Waals surface area contributed by atoms with Gasteiger partial charge in [-0.05, 0) is 39.9 Å². The molecule has 1 unspecified atom stereocenters. The lowest BCUT2D eigenvalue weighted by molar-refractivity contribution is 0.661. The van der Waals surface area contributed by atoms with Crippen LogP contribution in [-0.2, 0) is 0 Å². The second kappa shape index (κ2) is 5.42. The Bertz CT molecular complexity index is 333. The zero-order valence-electron chi connectivity index (χ0n) is 9.50. The Morgan fingerprint density at radius 3 is 2.53 bits per heavy atom. The first-order valence-electron chi connectivity index (χ1n) is 4.98. The summed E-state index contributed by atoms with van der Waals surface area (Å²) in [4.78, 5) is 5.54. The molecule has 0 saturated carbocycles. The minimum Gasteiger partial charge on any atom is -0.361 e. The first-order valence-corrected chi connectivity index (χ1v) is 6.21. The first kappa shape index (κ1) is 12.4. The van der Waals surface area contributed by atoms with E-state index in [0.29, 0.717) is 11.2 Å². The van der Waals surface area contributed by atoms with E-state index in [1.165, 1.54) is 4.88 Å². The second-order valence-corrected chi connectivity index (χ2v) is 5.48. The standard InChI is InChI=1S/C10H17N3S2/c1-6(2)12-10(14)13-8(4)9-11-5-7(3)15-9/h5-6,8H,1-4H3,(H2,12,13,14). The lowest BCUT2D eigenvalue weighted by atomic mass is 10.3. The van der Waals surface area contributed by atoms with Crippen LogP contribution in [0, 0.1) is 6.92 Å². The summed E-state index contributed by atoms with van der Waals surface area (Å²) in [7, 11) is 0. The molecule has 0 fully saturated rings. The summed E-state index contributed by atoms with van der Waals surface area (Å²) in [6, 6.07) is 0.526. The maximum absolute atomic E-state index is 5.17. The lowest BCUT2D eigenvalue weighted by Crippen LogP contribution is -2.40. The number of hydrogen-bond acceptors (Lipinski definition) is 3. The van der Waals surface area contributed by atoms with Gasteiger partial charge in [-0.25, -0.2) is 4.98 Å². The quantitative estimate of drug-likeness (QED) is 0.799. The first-order chi connectivity index (χ1) is 6.99. The Labute approximate surface area is 100 Å². The van der Waals surface area contributed by atoms with Crippen LogP contribution in [0.5, 0.6) is 0 Å². The fourth-order valence-corrected chi connectivity index (χ4v) is 2.32. The summed E-state index contributed by atoms with van der Waals surface area (Å²) >= 11 is 6.86. The van der Waals surface area contributed by atoms with E-state index in [1.807, 2.05) is 6.20 Å². The normalized spacial score (nSPS) is 12.6. The minimum atomic E-state index is 0.169. The van der Waals surface area contributed by atoms with Crippen molar-refractivity contribution in [2.75, 3.05) is 0 Å². The van der Waals surface area contributed by atoms with Crippen LogP contribution in [0.1, 0.15) is 36.7 Å². The van der Waals surface area contributed by atoms with Crippen LogP contribution in [0.3, 0.4) is 0 Å². The number of aryl methyl sites for hydroxylation is 1. The van der Waals surface area contributed by atoms with Crippen LogP contribution in [0.4, 0.5) is 0 Å². The summed E-state index contributed by atoms with van der Waals surface area (Å²) < 4.78 is 0. The number of thiazole rings is 1. The molecule has 1 rings (SSSR count). The molecule has 0 amide bonds. The van der Waals surface area contributed by atoms with Gasteiger partial charge in [-0.1, -0.05) is 0 Å². The molecule has 0 spiro atoms. The molecular formula is C10H17N3S2. The van der Waals surface area contributed by atoms with E-state index in [4.69, 9.17) is 12.2 Å². The zero-order chi connectivity index (χ0) is 11.4. The summed E-state index contributed by atoms with van der Waals surface area (Å²) in [5.41, 5.74) is 0. The second-order valence-electron chi connectivity index (χ2n) is 3.80. The fraction of sp³-hybridized carbons (Fsp3) is 0.600. The van der Waals surface area contributed by atoms with Crippen molar-refractivity contribution < 1.29 is 0 Å². The molecule has 0 aliphatic heterocycles. The Morgan fingerprint density at radius 1 is 1.40 bits per heavy atom. The molecule has 1 atom stereocenters. The predicted octanol–water partition coefficient (Wildman–Crippen LogP) is 2.39. The highest BCUT2D eigenvalue weighted by molar-refractivity contribution is 7.80. The van der Waals surface area contributed by atoms with Crippen LogP contribution in [0.25, 0.3) is 0 Å². The highest BCUT2D eigenvalue weighted by atomic mass is 32.1. The van der Waals surface area contributed by atoms with Crippen LogP contribution in [0.15, 0.2) is 6.20 Å². The molecule has 0 aromatic carbocycles. The molecule has 1 heterocycles. The number of hydrogen-bond donors (Lipinski definition) is 2. The zero-order valence-corrected chi connectivity index (χ0v) is 11.1. The maximum Gasteiger partial charge on any atom is 0.167 e. The minimum absolute atomic E-state index is 0.169. The Kier molecular flexibility index (Phi) is 4.47. The third kappa shape index (κ3) is 4.13. The van der Waals surface area contributed by atoms with Gasteiger partial charge in [0.2, 0.25) is 0 Å². The molecule has 0 aliphatic carbocycles. The van der Waals surface area contributed by atoms with Crippen molar-refractivity contribution in [3.8, 4) is 0 Å². The van der Waals surface area contributed by atoms with E-state index in [-0.39, 0.29) is 6.04 Å². The third-order valence-electron chi connectivity index (χ3n) is 1.78. The van der Waals surface area contributed by atoms with Crippen LogP contribution in [0.2, 0.25) is 0 Å². The summed E-state index contributed by atoms with van der Waals surface area (Å²) in [6.45, 7) is 8.24. The Balaban J connectivity index is 2.48. The van der Waals surface area contributed by atoms with Gasteiger partial charge >= 0.3 is 0 Å². The maximum atomic E-state index is 5.17. The van der Waals surface area contributed by atoms with Gasteiger partial charge in [0.15, 0.2) is 5.11 Å². The highest BCUT2D eigenvalue weighted by Crippen LogP contribution is 2.18. The number of rotatable bonds is 3. The van der Waals surface area contributed by atoms with Gasteiger partial charge in [0.05, 0.1) is 6.04 Å².